The Morgan fingerprint density at radius 3 is 2.47 bits per heavy atom. The molecular weight excluding hydrogens is 218 g/mol. The van der Waals surface area contributed by atoms with Crippen LogP contribution < -0.4 is 0 Å². The molecule has 0 bridgehead atoms. The molecule has 2 aliphatic rings. The van der Waals surface area contributed by atoms with Crippen LogP contribution in [0.15, 0.2) is 48.3 Å². The normalized spacial score (nSPS) is 31.2. The van der Waals surface area contributed by atoms with Crippen molar-refractivity contribution in [2.75, 3.05) is 0 Å². The van der Waals surface area contributed by atoms with Crippen LogP contribution in [-0.2, 0) is 0 Å². The molecule has 0 N–H and O–H groups in total. The van der Waals surface area contributed by atoms with Gasteiger partial charge in [-0.15, -0.1) is 0 Å². The van der Waals surface area contributed by atoms with Crippen molar-refractivity contribution in [3.05, 3.63) is 59.7 Å². The maximum Gasteiger partial charge on any atom is 0.123 e. The van der Waals surface area contributed by atoms with E-state index in [0.29, 0.717) is 17.8 Å². The summed E-state index contributed by atoms with van der Waals surface area (Å²) in [4.78, 5) is 0. The minimum absolute atomic E-state index is 0.125. The first-order chi connectivity index (χ1) is 8.24. The second-order valence-electron chi connectivity index (χ2n) is 4.91. The van der Waals surface area contributed by atoms with Gasteiger partial charge >= 0.3 is 0 Å². The predicted molar refractivity (Wildman–Crippen MR) is 63.7 cm³/mol. The molecule has 0 nitrogen and oxygen atoms in total. The van der Waals surface area contributed by atoms with Crippen molar-refractivity contribution in [2.45, 2.75) is 18.8 Å². The lowest BCUT2D eigenvalue weighted by Gasteiger charge is -2.13. The topological polar surface area (TPSA) is 0 Å². The molecule has 3 rings (SSSR count). The van der Waals surface area contributed by atoms with Gasteiger partial charge in [0.25, 0.3) is 0 Å². The number of benzene rings is 1. The molecule has 3 atom stereocenters. The Labute approximate surface area is 99.7 Å². The van der Waals surface area contributed by atoms with Crippen LogP contribution in [0.3, 0.4) is 0 Å². The van der Waals surface area contributed by atoms with Gasteiger partial charge in [-0.1, -0.05) is 18.2 Å². The molecule has 3 unspecified atom stereocenters. The highest BCUT2D eigenvalue weighted by Crippen LogP contribution is 2.53. The van der Waals surface area contributed by atoms with E-state index in [2.05, 4.69) is 0 Å². The second-order valence-corrected chi connectivity index (χ2v) is 4.91. The predicted octanol–water partition coefficient (Wildman–Crippen LogP) is 4.36. The van der Waals surface area contributed by atoms with E-state index in [-0.39, 0.29) is 11.6 Å². The molecule has 2 heteroatoms. The molecule has 0 saturated heterocycles. The molecule has 1 aromatic rings. The Kier molecular flexibility index (Phi) is 2.58. The fourth-order valence-electron chi connectivity index (χ4n) is 2.71. The van der Waals surface area contributed by atoms with Gasteiger partial charge in [0.15, 0.2) is 0 Å². The number of hydrogen-bond acceptors (Lipinski definition) is 0. The van der Waals surface area contributed by atoms with Crippen LogP contribution in [0.2, 0.25) is 0 Å². The first-order valence-corrected chi connectivity index (χ1v) is 6.03. The molecular formula is C15H14F2. The van der Waals surface area contributed by atoms with E-state index in [9.17, 15) is 8.78 Å². The molecule has 0 amide bonds. The zero-order valence-electron chi connectivity index (χ0n) is 9.44. The van der Waals surface area contributed by atoms with E-state index in [1.54, 1.807) is 12.2 Å². The van der Waals surface area contributed by atoms with E-state index < -0.39 is 0 Å². The van der Waals surface area contributed by atoms with E-state index in [1.807, 2.05) is 18.2 Å². The van der Waals surface area contributed by atoms with Crippen LogP contribution in [0, 0.1) is 17.7 Å². The minimum atomic E-state index is -0.187. The molecule has 0 aliphatic heterocycles. The Morgan fingerprint density at radius 2 is 1.82 bits per heavy atom. The third kappa shape index (κ3) is 2.17. The fraction of sp³-hybridized carbons (Fsp3) is 0.333. The van der Waals surface area contributed by atoms with Crippen LogP contribution in [0.4, 0.5) is 8.78 Å². The molecule has 1 saturated carbocycles. The number of halogens is 2. The van der Waals surface area contributed by atoms with Crippen molar-refractivity contribution in [1.82, 2.24) is 0 Å². The Morgan fingerprint density at radius 1 is 1.06 bits per heavy atom. The average Bonchev–Trinajstić information content (AvgIpc) is 3.11. The maximum atomic E-state index is 12.8. The molecule has 88 valence electrons. The van der Waals surface area contributed by atoms with Gasteiger partial charge in [0.1, 0.15) is 11.6 Å². The molecule has 0 spiro atoms. The van der Waals surface area contributed by atoms with E-state index in [4.69, 9.17) is 0 Å². The maximum absolute atomic E-state index is 12.8. The van der Waals surface area contributed by atoms with Crippen molar-refractivity contribution >= 4 is 0 Å². The Balaban J connectivity index is 1.67. The standard InChI is InChI=1S/C15H14F2/c16-12-5-1-10(2-6-12)14-9-15(14)11-3-7-13(17)8-4-11/h1-3,5-8,11,14-15H,4,9H2. The molecule has 0 heterocycles. The average molecular weight is 232 g/mol. The van der Waals surface area contributed by atoms with Gasteiger partial charge in [-0.25, -0.2) is 8.78 Å². The van der Waals surface area contributed by atoms with Crippen LogP contribution in [0.25, 0.3) is 0 Å². The van der Waals surface area contributed by atoms with E-state index >= 15 is 0 Å². The minimum Gasteiger partial charge on any atom is -0.207 e. The van der Waals surface area contributed by atoms with Gasteiger partial charge in [0.2, 0.25) is 0 Å². The summed E-state index contributed by atoms with van der Waals surface area (Å²) in [7, 11) is 0. The van der Waals surface area contributed by atoms with Crippen molar-refractivity contribution in [1.29, 1.82) is 0 Å². The molecule has 17 heavy (non-hydrogen) atoms. The van der Waals surface area contributed by atoms with Gasteiger partial charge < -0.3 is 0 Å². The highest BCUT2D eigenvalue weighted by Gasteiger charge is 2.42. The fourth-order valence-corrected chi connectivity index (χ4v) is 2.71. The van der Waals surface area contributed by atoms with Crippen molar-refractivity contribution in [3.8, 4) is 0 Å². The summed E-state index contributed by atoms with van der Waals surface area (Å²) in [6.45, 7) is 0. The van der Waals surface area contributed by atoms with E-state index in [0.717, 1.165) is 12.8 Å². The van der Waals surface area contributed by atoms with Crippen LogP contribution in [0.1, 0.15) is 24.3 Å². The summed E-state index contributed by atoms with van der Waals surface area (Å²) < 4.78 is 25.6. The lowest BCUT2D eigenvalue weighted by Crippen LogP contribution is -2.02. The largest absolute Gasteiger partial charge is 0.207 e. The smallest absolute Gasteiger partial charge is 0.123 e. The molecule has 1 fully saturated rings. The molecule has 2 aliphatic carbocycles. The second kappa shape index (κ2) is 4.10. The highest BCUT2D eigenvalue weighted by atomic mass is 19.1. The van der Waals surface area contributed by atoms with Crippen molar-refractivity contribution in [2.24, 2.45) is 11.8 Å². The Bertz CT molecular complexity index is 470. The first kappa shape index (κ1) is 10.7. The molecule has 0 aromatic heterocycles. The third-order valence-corrected chi connectivity index (χ3v) is 3.78. The lowest BCUT2D eigenvalue weighted by molar-refractivity contribution is 0.536. The SMILES string of the molecule is FC1=CCC(C2CC2c2ccc(F)cc2)C=C1. The monoisotopic (exact) mass is 232 g/mol. The number of rotatable bonds is 2. The quantitative estimate of drug-likeness (QED) is 0.710. The van der Waals surface area contributed by atoms with Gasteiger partial charge in [-0.3, -0.25) is 0 Å². The summed E-state index contributed by atoms with van der Waals surface area (Å²) >= 11 is 0. The van der Waals surface area contributed by atoms with Gasteiger partial charge in [-0.05, 0) is 60.4 Å². The highest BCUT2D eigenvalue weighted by molar-refractivity contribution is 5.29. The summed E-state index contributed by atoms with van der Waals surface area (Å²) in [5.41, 5.74) is 1.21. The van der Waals surface area contributed by atoms with Gasteiger partial charge in [0.05, 0.1) is 0 Å². The number of allylic oxidation sites excluding steroid dienone is 4. The first-order valence-electron chi connectivity index (χ1n) is 6.03. The summed E-state index contributed by atoms with van der Waals surface area (Å²) in [5, 5.41) is 0. The number of hydrogen-bond donors (Lipinski definition) is 0. The van der Waals surface area contributed by atoms with Crippen LogP contribution in [-0.4, -0.2) is 0 Å². The van der Waals surface area contributed by atoms with Gasteiger partial charge in [-0.2, -0.15) is 0 Å². The van der Waals surface area contributed by atoms with Crippen molar-refractivity contribution < 1.29 is 8.78 Å². The van der Waals surface area contributed by atoms with Crippen LogP contribution in [0.5, 0.6) is 0 Å². The summed E-state index contributed by atoms with van der Waals surface area (Å²) in [6, 6.07) is 6.76. The molecule has 1 aromatic carbocycles. The van der Waals surface area contributed by atoms with E-state index in [1.165, 1.54) is 17.7 Å². The zero-order chi connectivity index (χ0) is 11.8. The molecule has 0 radical (unpaired) electrons. The zero-order valence-corrected chi connectivity index (χ0v) is 9.44. The van der Waals surface area contributed by atoms with Crippen molar-refractivity contribution in [3.63, 3.8) is 0 Å². The Hall–Kier alpha value is -1.44. The summed E-state index contributed by atoms with van der Waals surface area (Å²) in [6.07, 6.45) is 7.13. The lowest BCUT2D eigenvalue weighted by atomic mass is 9.93. The summed E-state index contributed by atoms with van der Waals surface area (Å²) in [5.74, 6) is 1.26. The van der Waals surface area contributed by atoms with Gasteiger partial charge in [0, 0.05) is 0 Å². The van der Waals surface area contributed by atoms with Crippen LogP contribution >= 0.6 is 0 Å². The third-order valence-electron chi connectivity index (χ3n) is 3.78.